The van der Waals surface area contributed by atoms with Crippen molar-refractivity contribution in [2.75, 3.05) is 16.8 Å². The predicted molar refractivity (Wildman–Crippen MR) is 121 cm³/mol. The van der Waals surface area contributed by atoms with E-state index in [4.69, 9.17) is 4.74 Å². The largest absolute Gasteiger partial charge is 0.450 e. The third-order valence-electron chi connectivity index (χ3n) is 3.89. The molecule has 30 heavy (non-hydrogen) atoms. The maximum Gasteiger partial charge on any atom is 0.413 e. The van der Waals surface area contributed by atoms with Crippen molar-refractivity contribution in [1.29, 1.82) is 0 Å². The fraction of sp³-hybridized carbons (Fsp3) is 0.316. The van der Waals surface area contributed by atoms with Crippen LogP contribution in [0.1, 0.15) is 32.0 Å². The molecule has 0 aliphatic heterocycles. The second-order valence-electron chi connectivity index (χ2n) is 5.97. The van der Waals surface area contributed by atoms with Crippen LogP contribution in [0.5, 0.6) is 0 Å². The second-order valence-corrected chi connectivity index (χ2v) is 9.00. The Balaban J connectivity index is 1.68. The Bertz CT molecular complexity index is 1020. The van der Waals surface area contributed by atoms with Gasteiger partial charge < -0.3 is 4.74 Å². The number of thioether (sulfide) groups is 1. The zero-order chi connectivity index (χ0) is 21.5. The summed E-state index contributed by atoms with van der Waals surface area (Å²) in [7, 11) is 0. The first-order valence-electron chi connectivity index (χ1n) is 9.24. The van der Waals surface area contributed by atoms with E-state index in [0.29, 0.717) is 27.0 Å². The van der Waals surface area contributed by atoms with E-state index in [2.05, 4.69) is 27.4 Å². The van der Waals surface area contributed by atoms with Crippen molar-refractivity contribution in [3.63, 3.8) is 0 Å². The van der Waals surface area contributed by atoms with Crippen LogP contribution in [0.2, 0.25) is 0 Å². The van der Waals surface area contributed by atoms with Crippen molar-refractivity contribution in [3.05, 3.63) is 40.9 Å². The van der Waals surface area contributed by atoms with Gasteiger partial charge in [-0.1, -0.05) is 48.2 Å². The Labute approximate surface area is 186 Å². The number of amides is 2. The molecule has 3 aromatic rings. The molecule has 0 radical (unpaired) electrons. The van der Waals surface area contributed by atoms with Crippen LogP contribution in [-0.4, -0.2) is 33.8 Å². The lowest BCUT2D eigenvalue weighted by molar-refractivity contribution is -0.115. The molecule has 0 aliphatic carbocycles. The van der Waals surface area contributed by atoms with Crippen LogP contribution < -0.4 is 10.2 Å². The molecular weight excluding hydrogens is 442 g/mol. The maximum absolute atomic E-state index is 12.4. The van der Waals surface area contributed by atoms with Crippen LogP contribution in [0, 0.1) is 0 Å². The molecule has 0 saturated heterocycles. The van der Waals surface area contributed by atoms with Gasteiger partial charge in [-0.25, -0.2) is 9.78 Å². The first-order valence-corrected chi connectivity index (χ1v) is 11.9. The highest BCUT2D eigenvalue weighted by Gasteiger charge is 2.20. The van der Waals surface area contributed by atoms with Crippen LogP contribution in [0.15, 0.2) is 34.0 Å². The number of benzene rings is 1. The van der Waals surface area contributed by atoms with Gasteiger partial charge in [-0.15, -0.1) is 21.5 Å². The third-order valence-corrected chi connectivity index (χ3v) is 6.77. The molecule has 1 aromatic carbocycles. The van der Waals surface area contributed by atoms with Gasteiger partial charge in [0.15, 0.2) is 9.47 Å². The summed E-state index contributed by atoms with van der Waals surface area (Å²) in [6.45, 7) is 5.63. The number of nitrogens with zero attached hydrogens (tertiary/aromatic N) is 4. The summed E-state index contributed by atoms with van der Waals surface area (Å²) in [5.74, 6) is 0.495. The quantitative estimate of drug-likeness (QED) is 0.366. The predicted octanol–water partition coefficient (Wildman–Crippen LogP) is 5.10. The van der Waals surface area contributed by atoms with Crippen molar-refractivity contribution < 1.29 is 14.3 Å². The summed E-state index contributed by atoms with van der Waals surface area (Å²) in [5, 5.41) is 13.5. The van der Waals surface area contributed by atoms with Gasteiger partial charge in [0.2, 0.25) is 11.0 Å². The lowest BCUT2D eigenvalue weighted by atomic mass is 10.1. The second kappa shape index (κ2) is 10.5. The van der Waals surface area contributed by atoms with Crippen LogP contribution in [-0.2, 0) is 21.7 Å². The SMILES string of the molecule is CCOC(=O)Nc1nnc(SCc2csc(N(C(C)=O)c3ccccc3CC)n2)s1. The molecule has 0 saturated carbocycles. The van der Waals surface area contributed by atoms with Gasteiger partial charge in [0.1, 0.15) is 0 Å². The summed E-state index contributed by atoms with van der Waals surface area (Å²) in [5.41, 5.74) is 2.80. The van der Waals surface area contributed by atoms with Crippen LogP contribution in [0.4, 0.5) is 20.7 Å². The van der Waals surface area contributed by atoms with Crippen LogP contribution in [0.25, 0.3) is 0 Å². The number of aryl methyl sites for hydroxylation is 1. The summed E-state index contributed by atoms with van der Waals surface area (Å²) in [4.78, 5) is 30.1. The van der Waals surface area contributed by atoms with E-state index >= 15 is 0 Å². The molecule has 0 spiro atoms. The van der Waals surface area contributed by atoms with Gasteiger partial charge in [0.05, 0.1) is 18.0 Å². The topological polar surface area (TPSA) is 97.3 Å². The number of hydrogen-bond acceptors (Lipinski definition) is 9. The fourth-order valence-electron chi connectivity index (χ4n) is 2.61. The molecule has 11 heteroatoms. The molecule has 2 heterocycles. The molecule has 2 aromatic heterocycles. The van der Waals surface area contributed by atoms with Crippen molar-refractivity contribution in [2.45, 2.75) is 37.3 Å². The van der Waals surface area contributed by atoms with Crippen molar-refractivity contribution in [1.82, 2.24) is 15.2 Å². The molecule has 0 aliphatic rings. The van der Waals surface area contributed by atoms with Crippen LogP contribution >= 0.6 is 34.4 Å². The minimum absolute atomic E-state index is 0.0803. The molecule has 8 nitrogen and oxygen atoms in total. The number of ether oxygens (including phenoxy) is 1. The average molecular weight is 464 g/mol. The summed E-state index contributed by atoms with van der Waals surface area (Å²) < 4.78 is 5.53. The van der Waals surface area contributed by atoms with E-state index in [-0.39, 0.29) is 5.91 Å². The summed E-state index contributed by atoms with van der Waals surface area (Å²) in [6.07, 6.45) is 0.277. The number of anilines is 3. The van der Waals surface area contributed by atoms with Gasteiger partial charge in [-0.3, -0.25) is 15.0 Å². The molecular formula is C19H21N5O3S3. The minimum atomic E-state index is -0.550. The average Bonchev–Trinajstić information content (AvgIpc) is 3.36. The summed E-state index contributed by atoms with van der Waals surface area (Å²) in [6, 6.07) is 7.85. The first-order chi connectivity index (χ1) is 14.5. The molecule has 158 valence electrons. The Morgan fingerprint density at radius 2 is 2.03 bits per heavy atom. The van der Waals surface area contributed by atoms with E-state index in [9.17, 15) is 9.59 Å². The van der Waals surface area contributed by atoms with E-state index in [0.717, 1.165) is 23.4 Å². The Morgan fingerprint density at radius 1 is 1.23 bits per heavy atom. The Kier molecular flexibility index (Phi) is 7.77. The van der Waals surface area contributed by atoms with Crippen LogP contribution in [0.3, 0.4) is 0 Å². The third kappa shape index (κ3) is 5.55. The zero-order valence-corrected chi connectivity index (χ0v) is 19.2. The highest BCUT2D eigenvalue weighted by Crippen LogP contribution is 2.34. The zero-order valence-electron chi connectivity index (χ0n) is 16.7. The maximum atomic E-state index is 12.4. The lowest BCUT2D eigenvalue weighted by Gasteiger charge is -2.20. The first kappa shape index (κ1) is 22.2. The number of rotatable bonds is 8. The van der Waals surface area contributed by atoms with E-state index in [1.165, 1.54) is 34.4 Å². The fourth-order valence-corrected chi connectivity index (χ4v) is 5.22. The molecule has 0 fully saturated rings. The molecule has 3 rings (SSSR count). The standard InChI is InChI=1S/C19H21N5O3S3/c1-4-13-8-6-7-9-15(13)24(12(3)25)17-20-14(10-28-17)11-29-19-23-22-16(30-19)21-18(26)27-5-2/h6-10H,4-5,11H2,1-3H3,(H,21,22,26). The van der Waals surface area contributed by atoms with Crippen molar-refractivity contribution in [2.24, 2.45) is 0 Å². The number of aromatic nitrogens is 3. The number of nitrogens with one attached hydrogen (secondary N) is 1. The summed E-state index contributed by atoms with van der Waals surface area (Å²) >= 11 is 4.16. The number of para-hydroxylation sites is 1. The van der Waals surface area contributed by atoms with Gasteiger partial charge in [0, 0.05) is 18.1 Å². The number of carbonyl (C=O) groups excluding carboxylic acids is 2. The molecule has 2 amide bonds. The van der Waals surface area contributed by atoms with Gasteiger partial charge in [-0.2, -0.15) is 0 Å². The van der Waals surface area contributed by atoms with Crippen molar-refractivity contribution >= 4 is 62.4 Å². The highest BCUT2D eigenvalue weighted by atomic mass is 32.2. The smallest absolute Gasteiger partial charge is 0.413 e. The van der Waals surface area contributed by atoms with Gasteiger partial charge in [-0.05, 0) is 25.0 Å². The number of carbonyl (C=O) groups is 2. The lowest BCUT2D eigenvalue weighted by Crippen LogP contribution is -2.23. The van der Waals surface area contributed by atoms with Gasteiger partial charge >= 0.3 is 6.09 Å². The highest BCUT2D eigenvalue weighted by molar-refractivity contribution is 8.00. The van der Waals surface area contributed by atoms with E-state index in [1.807, 2.05) is 29.6 Å². The monoisotopic (exact) mass is 463 g/mol. The minimum Gasteiger partial charge on any atom is -0.450 e. The van der Waals surface area contributed by atoms with Gasteiger partial charge in [0.25, 0.3) is 0 Å². The number of hydrogen-bond donors (Lipinski definition) is 1. The normalized spacial score (nSPS) is 10.6. The molecule has 0 unspecified atom stereocenters. The molecule has 1 N–H and O–H groups in total. The molecule has 0 bridgehead atoms. The Hall–Kier alpha value is -2.50. The van der Waals surface area contributed by atoms with Crippen molar-refractivity contribution in [3.8, 4) is 0 Å². The Morgan fingerprint density at radius 3 is 2.77 bits per heavy atom. The van der Waals surface area contributed by atoms with E-state index < -0.39 is 6.09 Å². The number of thiazole rings is 1. The van der Waals surface area contributed by atoms with E-state index in [1.54, 1.807) is 18.7 Å². The molecule has 0 atom stereocenters.